The zero-order chi connectivity index (χ0) is 15.2. The summed E-state index contributed by atoms with van der Waals surface area (Å²) in [6, 6.07) is 8.01. The van der Waals surface area contributed by atoms with Gasteiger partial charge in [-0.3, -0.25) is 4.79 Å². The van der Waals surface area contributed by atoms with Gasteiger partial charge >= 0.3 is 0 Å². The van der Waals surface area contributed by atoms with Crippen LogP contribution >= 0.6 is 0 Å². The molecule has 0 bridgehead atoms. The number of nitrogens with two attached hydrogens (primary N) is 1. The fourth-order valence-electron chi connectivity index (χ4n) is 2.60. The van der Waals surface area contributed by atoms with Gasteiger partial charge in [-0.25, -0.2) is 0 Å². The van der Waals surface area contributed by atoms with Gasteiger partial charge in [0, 0.05) is 32.6 Å². The molecule has 1 unspecified atom stereocenters. The van der Waals surface area contributed by atoms with E-state index in [9.17, 15) is 4.79 Å². The maximum Gasteiger partial charge on any atom is 0.223 e. The van der Waals surface area contributed by atoms with Crippen LogP contribution in [0.4, 0.5) is 5.69 Å². The predicted octanol–water partition coefficient (Wildman–Crippen LogP) is 1.33. The summed E-state index contributed by atoms with van der Waals surface area (Å²) in [6.07, 6.45) is 0.547. The Morgan fingerprint density at radius 3 is 2.57 bits per heavy atom. The minimum absolute atomic E-state index is 0.215. The van der Waals surface area contributed by atoms with E-state index in [0.29, 0.717) is 13.0 Å². The Labute approximate surface area is 126 Å². The van der Waals surface area contributed by atoms with Gasteiger partial charge in [0.15, 0.2) is 0 Å². The molecule has 2 rings (SSSR count). The fourth-order valence-corrected chi connectivity index (χ4v) is 2.60. The summed E-state index contributed by atoms with van der Waals surface area (Å²) < 4.78 is 5.40. The van der Waals surface area contributed by atoms with Gasteiger partial charge in [0.05, 0.1) is 12.8 Å². The van der Waals surface area contributed by atoms with Crippen molar-refractivity contribution in [3.63, 3.8) is 0 Å². The Morgan fingerprint density at radius 2 is 1.95 bits per heavy atom. The molecule has 1 fully saturated rings. The summed E-state index contributed by atoms with van der Waals surface area (Å²) in [5.41, 5.74) is 6.69. The topological polar surface area (TPSA) is 58.8 Å². The van der Waals surface area contributed by atoms with Gasteiger partial charge in [0.25, 0.3) is 0 Å². The van der Waals surface area contributed by atoms with Crippen LogP contribution < -0.4 is 15.4 Å². The second-order valence-electron chi connectivity index (χ2n) is 5.58. The molecule has 116 valence electrons. The van der Waals surface area contributed by atoms with E-state index in [2.05, 4.69) is 11.0 Å². The Morgan fingerprint density at radius 1 is 1.29 bits per heavy atom. The van der Waals surface area contributed by atoms with E-state index in [-0.39, 0.29) is 11.8 Å². The first-order valence-corrected chi connectivity index (χ1v) is 7.51. The van der Waals surface area contributed by atoms with E-state index in [1.807, 2.05) is 30.0 Å². The molecule has 0 spiro atoms. The summed E-state index contributed by atoms with van der Waals surface area (Å²) in [5, 5.41) is 0. The number of hydrogen-bond acceptors (Lipinski definition) is 4. The summed E-state index contributed by atoms with van der Waals surface area (Å²) in [4.78, 5) is 16.4. The number of benzene rings is 1. The van der Waals surface area contributed by atoms with Crippen molar-refractivity contribution in [2.24, 2.45) is 11.7 Å². The van der Waals surface area contributed by atoms with Gasteiger partial charge in [-0.15, -0.1) is 0 Å². The van der Waals surface area contributed by atoms with Gasteiger partial charge in [-0.1, -0.05) is 19.1 Å². The van der Waals surface area contributed by atoms with Crippen LogP contribution in [-0.2, 0) is 4.79 Å². The minimum atomic E-state index is 0.215. The zero-order valence-electron chi connectivity index (χ0n) is 12.9. The van der Waals surface area contributed by atoms with Crippen LogP contribution in [0, 0.1) is 5.92 Å². The van der Waals surface area contributed by atoms with Crippen LogP contribution in [0.15, 0.2) is 24.3 Å². The highest BCUT2D eigenvalue weighted by molar-refractivity contribution is 5.77. The number of anilines is 1. The lowest BCUT2D eigenvalue weighted by Gasteiger charge is -2.37. The summed E-state index contributed by atoms with van der Waals surface area (Å²) in [5.74, 6) is 1.35. The third kappa shape index (κ3) is 3.88. The number of carbonyl (C=O) groups is 1. The van der Waals surface area contributed by atoms with Crippen LogP contribution in [0.25, 0.3) is 0 Å². The monoisotopic (exact) mass is 291 g/mol. The predicted molar refractivity (Wildman–Crippen MR) is 84.6 cm³/mol. The molecule has 1 aliphatic heterocycles. The third-order valence-electron chi connectivity index (χ3n) is 3.98. The molecule has 1 atom stereocenters. The van der Waals surface area contributed by atoms with Crippen molar-refractivity contribution in [3.05, 3.63) is 24.3 Å². The molecule has 1 saturated heterocycles. The quantitative estimate of drug-likeness (QED) is 0.889. The second kappa shape index (κ2) is 7.31. The van der Waals surface area contributed by atoms with Crippen molar-refractivity contribution in [2.45, 2.75) is 13.3 Å². The Kier molecular flexibility index (Phi) is 5.44. The zero-order valence-corrected chi connectivity index (χ0v) is 12.9. The number of para-hydroxylation sites is 2. The van der Waals surface area contributed by atoms with Gasteiger partial charge in [-0.2, -0.15) is 0 Å². The van der Waals surface area contributed by atoms with Crippen LogP contribution in [0.1, 0.15) is 13.3 Å². The summed E-state index contributed by atoms with van der Waals surface area (Å²) >= 11 is 0. The lowest BCUT2D eigenvalue weighted by atomic mass is 10.1. The molecule has 1 aromatic rings. The summed E-state index contributed by atoms with van der Waals surface area (Å²) in [7, 11) is 1.69. The van der Waals surface area contributed by atoms with Crippen molar-refractivity contribution < 1.29 is 9.53 Å². The molecule has 0 aliphatic carbocycles. The number of nitrogens with zero attached hydrogens (tertiary/aromatic N) is 2. The first-order chi connectivity index (χ1) is 10.2. The average molecular weight is 291 g/mol. The molecule has 0 aromatic heterocycles. The van der Waals surface area contributed by atoms with E-state index >= 15 is 0 Å². The fraction of sp³-hybridized carbons (Fsp3) is 0.562. The molecular weight excluding hydrogens is 266 g/mol. The molecule has 0 saturated carbocycles. The van der Waals surface area contributed by atoms with Crippen molar-refractivity contribution >= 4 is 11.6 Å². The molecule has 5 nitrogen and oxygen atoms in total. The van der Waals surface area contributed by atoms with E-state index < -0.39 is 0 Å². The minimum Gasteiger partial charge on any atom is -0.495 e. The number of methoxy groups -OCH3 is 1. The van der Waals surface area contributed by atoms with Crippen LogP contribution in [0.5, 0.6) is 5.75 Å². The van der Waals surface area contributed by atoms with Crippen LogP contribution in [0.2, 0.25) is 0 Å². The molecule has 1 aliphatic rings. The molecule has 1 heterocycles. The lowest BCUT2D eigenvalue weighted by Crippen LogP contribution is -2.49. The van der Waals surface area contributed by atoms with Gasteiger partial charge in [0.1, 0.15) is 5.75 Å². The van der Waals surface area contributed by atoms with E-state index in [1.165, 1.54) is 0 Å². The number of amides is 1. The van der Waals surface area contributed by atoms with Gasteiger partial charge in [-0.05, 0) is 24.6 Å². The molecule has 0 radical (unpaired) electrons. The highest BCUT2D eigenvalue weighted by Crippen LogP contribution is 2.28. The Balaban J connectivity index is 1.92. The number of rotatable bonds is 5. The second-order valence-corrected chi connectivity index (χ2v) is 5.58. The smallest absolute Gasteiger partial charge is 0.223 e. The molecule has 1 aromatic carbocycles. The van der Waals surface area contributed by atoms with Crippen molar-refractivity contribution in [1.82, 2.24) is 4.90 Å². The molecule has 5 heteroatoms. The van der Waals surface area contributed by atoms with Crippen molar-refractivity contribution in [3.8, 4) is 5.75 Å². The lowest BCUT2D eigenvalue weighted by molar-refractivity contribution is -0.132. The SMILES string of the molecule is COc1ccccc1N1CCN(C(=O)CC(C)CN)CC1. The molecular formula is C16H25N3O2. The number of carbonyl (C=O) groups excluding carboxylic acids is 1. The first-order valence-electron chi connectivity index (χ1n) is 7.51. The Hall–Kier alpha value is -1.75. The van der Waals surface area contributed by atoms with E-state index in [0.717, 1.165) is 37.6 Å². The maximum absolute atomic E-state index is 12.2. The molecule has 2 N–H and O–H groups in total. The number of hydrogen-bond donors (Lipinski definition) is 1. The van der Waals surface area contributed by atoms with Crippen LogP contribution in [0.3, 0.4) is 0 Å². The third-order valence-corrected chi connectivity index (χ3v) is 3.98. The summed E-state index contributed by atoms with van der Waals surface area (Å²) in [6.45, 7) is 5.77. The highest BCUT2D eigenvalue weighted by Gasteiger charge is 2.23. The first kappa shape index (κ1) is 15.6. The molecule has 1 amide bonds. The van der Waals surface area contributed by atoms with E-state index in [1.54, 1.807) is 7.11 Å². The van der Waals surface area contributed by atoms with Gasteiger partial charge < -0.3 is 20.3 Å². The van der Waals surface area contributed by atoms with Crippen molar-refractivity contribution in [1.29, 1.82) is 0 Å². The number of ether oxygens (including phenoxy) is 1. The average Bonchev–Trinajstić information content (AvgIpc) is 2.54. The maximum atomic E-state index is 12.2. The molecule has 21 heavy (non-hydrogen) atoms. The van der Waals surface area contributed by atoms with Gasteiger partial charge in [0.2, 0.25) is 5.91 Å². The number of piperazine rings is 1. The standard InChI is InChI=1S/C16H25N3O2/c1-13(12-17)11-16(20)19-9-7-18(8-10-19)14-5-3-4-6-15(14)21-2/h3-6,13H,7-12,17H2,1-2H3. The highest BCUT2D eigenvalue weighted by atomic mass is 16.5. The Bertz CT molecular complexity index is 470. The largest absolute Gasteiger partial charge is 0.495 e. The normalized spacial score (nSPS) is 16.7. The van der Waals surface area contributed by atoms with E-state index in [4.69, 9.17) is 10.5 Å². The van der Waals surface area contributed by atoms with Crippen molar-refractivity contribution in [2.75, 3.05) is 44.7 Å². The van der Waals surface area contributed by atoms with Crippen LogP contribution in [-0.4, -0.2) is 50.6 Å².